The zero-order valence-electron chi connectivity index (χ0n) is 10.1. The van der Waals surface area contributed by atoms with Gasteiger partial charge >= 0.3 is 0 Å². The molecule has 0 rings (SSSR count). The van der Waals surface area contributed by atoms with Crippen molar-refractivity contribution in [3.8, 4) is 11.2 Å². The molecule has 0 heterocycles. The molecule has 0 nitrogen and oxygen atoms in total. The van der Waals surface area contributed by atoms with E-state index in [0.717, 1.165) is 11.5 Å². The third kappa shape index (κ3) is 9.78. The van der Waals surface area contributed by atoms with Crippen LogP contribution in [0.4, 0.5) is 0 Å². The summed E-state index contributed by atoms with van der Waals surface area (Å²) in [5, 5.41) is 3.43. The maximum Gasteiger partial charge on any atom is 0.116 e. The molecule has 92 valence electrons. The number of hydrogen-bond acceptors (Lipinski definition) is 2. The van der Waals surface area contributed by atoms with Gasteiger partial charge in [-0.3, -0.25) is 0 Å². The highest BCUT2D eigenvalue weighted by Gasteiger charge is 2.02. The smallest absolute Gasteiger partial charge is 0.112 e. The largest absolute Gasteiger partial charge is 0.116 e. The minimum atomic E-state index is 0.462. The van der Waals surface area contributed by atoms with Crippen molar-refractivity contribution in [2.24, 2.45) is 11.8 Å². The van der Waals surface area contributed by atoms with Crippen LogP contribution < -0.4 is 0 Å². The standard InChI is InChI=1S/C12H18Cl2S2/c1-9(2)7-15-6-5-11(13)12(14)16-8-10(3)4/h9-10H,7-8H2,1-4H3. The SMILES string of the molecule is CC(C)CSC#CC(Cl)=C(Cl)SCC(C)C. The summed E-state index contributed by atoms with van der Waals surface area (Å²) in [5.41, 5.74) is 0. The predicted molar refractivity (Wildman–Crippen MR) is 81.1 cm³/mol. The van der Waals surface area contributed by atoms with Crippen LogP contribution in [0.25, 0.3) is 0 Å². The van der Waals surface area contributed by atoms with E-state index in [4.69, 9.17) is 23.2 Å². The highest BCUT2D eigenvalue weighted by Crippen LogP contribution is 2.27. The van der Waals surface area contributed by atoms with Gasteiger partial charge in [-0.2, -0.15) is 0 Å². The predicted octanol–water partition coefficient (Wildman–Crippen LogP) is 5.37. The molecule has 0 bridgehead atoms. The molecule has 0 saturated heterocycles. The van der Waals surface area contributed by atoms with E-state index in [-0.39, 0.29) is 0 Å². The lowest BCUT2D eigenvalue weighted by molar-refractivity contribution is 0.751. The van der Waals surface area contributed by atoms with E-state index >= 15 is 0 Å². The molecule has 0 aromatic heterocycles. The van der Waals surface area contributed by atoms with Gasteiger partial charge in [-0.15, -0.1) is 11.8 Å². The lowest BCUT2D eigenvalue weighted by Gasteiger charge is -2.02. The molecule has 0 unspecified atom stereocenters. The van der Waals surface area contributed by atoms with Crippen molar-refractivity contribution >= 4 is 46.7 Å². The van der Waals surface area contributed by atoms with Crippen molar-refractivity contribution in [2.45, 2.75) is 27.7 Å². The first kappa shape index (κ1) is 16.6. The van der Waals surface area contributed by atoms with Crippen LogP contribution in [0.15, 0.2) is 9.40 Å². The second-order valence-electron chi connectivity index (χ2n) is 4.22. The summed E-state index contributed by atoms with van der Waals surface area (Å²) in [7, 11) is 0. The van der Waals surface area contributed by atoms with Gasteiger partial charge in [0, 0.05) is 11.5 Å². The Morgan fingerprint density at radius 1 is 1.06 bits per heavy atom. The van der Waals surface area contributed by atoms with Crippen LogP contribution >= 0.6 is 46.7 Å². The van der Waals surface area contributed by atoms with E-state index in [1.54, 1.807) is 23.5 Å². The number of rotatable bonds is 5. The second kappa shape index (κ2) is 9.59. The Hall–Kier alpha value is 0.580. The first-order chi connectivity index (χ1) is 7.43. The molecule has 0 aliphatic heterocycles. The Morgan fingerprint density at radius 3 is 2.12 bits per heavy atom. The Bertz CT molecular complexity index is 285. The minimum Gasteiger partial charge on any atom is -0.112 e. The van der Waals surface area contributed by atoms with Gasteiger partial charge in [0.15, 0.2) is 0 Å². The van der Waals surface area contributed by atoms with Crippen LogP contribution in [-0.2, 0) is 0 Å². The molecular formula is C12H18Cl2S2. The molecule has 4 heteroatoms. The maximum atomic E-state index is 6.02. The summed E-state index contributed by atoms with van der Waals surface area (Å²) in [6, 6.07) is 0. The Labute approximate surface area is 118 Å². The Kier molecular flexibility index (Phi) is 9.94. The maximum absolute atomic E-state index is 6.02. The molecule has 0 N–H and O–H groups in total. The first-order valence-corrected chi connectivity index (χ1v) is 7.97. The third-order valence-corrected chi connectivity index (χ3v) is 4.74. The van der Waals surface area contributed by atoms with Crippen LogP contribution in [0, 0.1) is 23.0 Å². The zero-order valence-corrected chi connectivity index (χ0v) is 13.3. The average Bonchev–Trinajstić information content (AvgIpc) is 2.20. The molecule has 0 spiro atoms. The van der Waals surface area contributed by atoms with Gasteiger partial charge in [0.05, 0.1) is 0 Å². The molecule has 0 aliphatic carbocycles. The van der Waals surface area contributed by atoms with Crippen LogP contribution in [0.2, 0.25) is 0 Å². The van der Waals surface area contributed by atoms with E-state index in [2.05, 4.69) is 38.9 Å². The number of hydrogen-bond donors (Lipinski definition) is 0. The van der Waals surface area contributed by atoms with Gasteiger partial charge < -0.3 is 0 Å². The quantitative estimate of drug-likeness (QED) is 0.625. The number of halogens is 2. The molecule has 0 fully saturated rings. The minimum absolute atomic E-state index is 0.462. The molecule has 0 atom stereocenters. The van der Waals surface area contributed by atoms with Crippen molar-refractivity contribution in [1.29, 1.82) is 0 Å². The van der Waals surface area contributed by atoms with Gasteiger partial charge in [-0.1, -0.05) is 62.7 Å². The molecule has 16 heavy (non-hydrogen) atoms. The summed E-state index contributed by atoms with van der Waals surface area (Å²) in [5.74, 6) is 6.11. The molecule has 0 aliphatic rings. The third-order valence-electron chi connectivity index (χ3n) is 1.37. The van der Waals surface area contributed by atoms with E-state index in [0.29, 0.717) is 21.2 Å². The number of thioether (sulfide) groups is 2. The Balaban J connectivity index is 4.08. The van der Waals surface area contributed by atoms with Crippen LogP contribution in [0.3, 0.4) is 0 Å². The normalized spacial score (nSPS) is 12.5. The molecule has 0 aromatic carbocycles. The summed E-state index contributed by atoms with van der Waals surface area (Å²) in [6.07, 6.45) is 0. The van der Waals surface area contributed by atoms with Gasteiger partial charge in [0.25, 0.3) is 0 Å². The second-order valence-corrected chi connectivity index (χ2v) is 7.06. The van der Waals surface area contributed by atoms with E-state index in [1.807, 2.05) is 0 Å². The van der Waals surface area contributed by atoms with Crippen LogP contribution in [0.1, 0.15) is 27.7 Å². The fraction of sp³-hybridized carbons (Fsp3) is 0.667. The van der Waals surface area contributed by atoms with E-state index < -0.39 is 0 Å². The Morgan fingerprint density at radius 2 is 1.62 bits per heavy atom. The monoisotopic (exact) mass is 296 g/mol. The fourth-order valence-corrected chi connectivity index (χ4v) is 2.39. The summed E-state index contributed by atoms with van der Waals surface area (Å²) in [4.78, 5) is 0. The van der Waals surface area contributed by atoms with Gasteiger partial charge in [0.1, 0.15) is 9.40 Å². The topological polar surface area (TPSA) is 0 Å². The molecule has 0 aromatic rings. The molecular weight excluding hydrogens is 279 g/mol. The first-order valence-electron chi connectivity index (χ1n) is 5.24. The average molecular weight is 297 g/mol. The number of allylic oxidation sites excluding steroid dienone is 1. The summed E-state index contributed by atoms with van der Waals surface area (Å²) in [6.45, 7) is 8.62. The van der Waals surface area contributed by atoms with Crippen molar-refractivity contribution in [3.05, 3.63) is 9.40 Å². The lowest BCUT2D eigenvalue weighted by atomic mass is 10.3. The lowest BCUT2D eigenvalue weighted by Crippen LogP contribution is -1.89. The molecule has 0 amide bonds. The van der Waals surface area contributed by atoms with E-state index in [1.165, 1.54) is 0 Å². The zero-order chi connectivity index (χ0) is 12.6. The summed E-state index contributed by atoms with van der Waals surface area (Å²) < 4.78 is 0.605. The van der Waals surface area contributed by atoms with Crippen molar-refractivity contribution in [2.75, 3.05) is 11.5 Å². The van der Waals surface area contributed by atoms with Crippen LogP contribution in [-0.4, -0.2) is 11.5 Å². The summed E-state index contributed by atoms with van der Waals surface area (Å²) >= 11 is 15.1. The van der Waals surface area contributed by atoms with Gasteiger partial charge in [0.2, 0.25) is 0 Å². The van der Waals surface area contributed by atoms with Crippen molar-refractivity contribution < 1.29 is 0 Å². The van der Waals surface area contributed by atoms with Crippen molar-refractivity contribution in [1.82, 2.24) is 0 Å². The van der Waals surface area contributed by atoms with Crippen LogP contribution in [0.5, 0.6) is 0 Å². The highest BCUT2D eigenvalue weighted by molar-refractivity contribution is 8.04. The fourth-order valence-electron chi connectivity index (χ4n) is 0.642. The molecule has 0 radical (unpaired) electrons. The van der Waals surface area contributed by atoms with E-state index in [9.17, 15) is 0 Å². The molecule has 0 saturated carbocycles. The van der Waals surface area contributed by atoms with Gasteiger partial charge in [-0.25, -0.2) is 0 Å². The van der Waals surface area contributed by atoms with Gasteiger partial charge in [-0.05, 0) is 23.0 Å². The van der Waals surface area contributed by atoms with Crippen molar-refractivity contribution in [3.63, 3.8) is 0 Å². The highest BCUT2D eigenvalue weighted by atomic mass is 35.5.